The summed E-state index contributed by atoms with van der Waals surface area (Å²) in [4.78, 5) is 43.7. The number of aryl methyl sites for hydroxylation is 3. The Morgan fingerprint density at radius 2 is 1.68 bits per heavy atom. The summed E-state index contributed by atoms with van der Waals surface area (Å²) in [6.45, 7) is 5.63. The Morgan fingerprint density at radius 3 is 2.32 bits per heavy atom. The van der Waals surface area contributed by atoms with Gasteiger partial charge in [0.05, 0.1) is 19.0 Å². The van der Waals surface area contributed by atoms with E-state index in [9.17, 15) is 14.4 Å². The Bertz CT molecular complexity index is 1480. The topological polar surface area (TPSA) is 95.2 Å². The average molecular weight is 459 g/mol. The fourth-order valence-corrected chi connectivity index (χ4v) is 4.14. The second-order valence-corrected chi connectivity index (χ2v) is 8.30. The molecule has 0 saturated heterocycles. The van der Waals surface area contributed by atoms with Crippen molar-refractivity contribution in [3.63, 3.8) is 0 Å². The number of fused-ring (bicyclic) bond motifs is 1. The first-order valence-electron chi connectivity index (χ1n) is 10.9. The Balaban J connectivity index is 1.74. The van der Waals surface area contributed by atoms with E-state index in [2.05, 4.69) is 10.3 Å². The molecule has 4 aromatic rings. The molecule has 2 aromatic heterocycles. The number of aromatic nitrogens is 3. The molecule has 2 aromatic carbocycles. The Hall–Kier alpha value is -4.20. The number of hydrogen-bond acceptors (Lipinski definition) is 5. The summed E-state index contributed by atoms with van der Waals surface area (Å²) in [6.07, 6.45) is 1.50. The third-order valence-corrected chi connectivity index (χ3v) is 5.72. The van der Waals surface area contributed by atoms with Gasteiger partial charge in [-0.05, 0) is 61.7 Å². The highest BCUT2D eigenvalue weighted by Gasteiger charge is 2.17. The lowest BCUT2D eigenvalue weighted by atomic mass is 10.1. The molecule has 2 heterocycles. The molecule has 34 heavy (non-hydrogen) atoms. The third kappa shape index (κ3) is 4.47. The van der Waals surface area contributed by atoms with E-state index >= 15 is 0 Å². The second kappa shape index (κ2) is 9.35. The minimum Gasteiger partial charge on any atom is -0.497 e. The molecule has 0 aliphatic rings. The number of hydrogen-bond donors (Lipinski definition) is 1. The van der Waals surface area contributed by atoms with Gasteiger partial charge >= 0.3 is 5.69 Å². The number of benzene rings is 2. The maximum Gasteiger partial charge on any atom is 0.333 e. The van der Waals surface area contributed by atoms with Crippen LogP contribution in [0, 0.1) is 20.8 Å². The van der Waals surface area contributed by atoms with Crippen molar-refractivity contribution in [2.45, 2.75) is 33.9 Å². The number of carbonyl (C=O) groups excluding carboxylic acids is 1. The molecule has 0 fully saturated rings. The molecule has 1 amide bonds. The van der Waals surface area contributed by atoms with E-state index in [-0.39, 0.29) is 30.0 Å². The van der Waals surface area contributed by atoms with Crippen LogP contribution < -0.4 is 21.3 Å². The van der Waals surface area contributed by atoms with Crippen molar-refractivity contribution in [1.82, 2.24) is 14.1 Å². The molecule has 0 radical (unpaired) electrons. The van der Waals surface area contributed by atoms with Crippen LogP contribution in [0.4, 0.5) is 5.69 Å². The van der Waals surface area contributed by atoms with Crippen LogP contribution in [0.1, 0.15) is 22.3 Å². The highest BCUT2D eigenvalue weighted by molar-refractivity contribution is 5.93. The van der Waals surface area contributed by atoms with Crippen LogP contribution in [-0.4, -0.2) is 27.1 Å². The highest BCUT2D eigenvalue weighted by Crippen LogP contribution is 2.22. The van der Waals surface area contributed by atoms with Gasteiger partial charge in [0.25, 0.3) is 5.56 Å². The molecule has 174 valence electrons. The summed E-state index contributed by atoms with van der Waals surface area (Å²) in [6, 6.07) is 14.3. The first-order valence-corrected chi connectivity index (χ1v) is 10.9. The molecule has 0 aliphatic heterocycles. The van der Waals surface area contributed by atoms with Crippen LogP contribution in [-0.2, 0) is 17.9 Å². The van der Waals surface area contributed by atoms with Gasteiger partial charge in [-0.2, -0.15) is 0 Å². The van der Waals surface area contributed by atoms with Crippen LogP contribution in [0.3, 0.4) is 0 Å². The van der Waals surface area contributed by atoms with Crippen molar-refractivity contribution < 1.29 is 9.53 Å². The van der Waals surface area contributed by atoms with E-state index in [0.29, 0.717) is 11.4 Å². The number of rotatable bonds is 6. The highest BCUT2D eigenvalue weighted by atomic mass is 16.5. The Kier molecular flexibility index (Phi) is 6.32. The smallest absolute Gasteiger partial charge is 0.333 e. The van der Waals surface area contributed by atoms with Crippen LogP contribution in [0.5, 0.6) is 5.75 Å². The van der Waals surface area contributed by atoms with E-state index in [0.717, 1.165) is 26.8 Å². The summed E-state index contributed by atoms with van der Waals surface area (Å²) in [5.41, 5.74) is 3.57. The van der Waals surface area contributed by atoms with Gasteiger partial charge in [-0.3, -0.25) is 18.7 Å². The predicted octanol–water partition coefficient (Wildman–Crippen LogP) is 3.18. The summed E-state index contributed by atoms with van der Waals surface area (Å²) in [5.74, 6) is 0.299. The number of pyridine rings is 1. The predicted molar refractivity (Wildman–Crippen MR) is 132 cm³/mol. The quantitative estimate of drug-likeness (QED) is 0.479. The van der Waals surface area contributed by atoms with E-state index in [1.807, 2.05) is 32.9 Å². The molecule has 1 N–H and O–H groups in total. The van der Waals surface area contributed by atoms with Crippen molar-refractivity contribution in [2.24, 2.45) is 0 Å². The third-order valence-electron chi connectivity index (χ3n) is 5.72. The van der Waals surface area contributed by atoms with Gasteiger partial charge in [-0.15, -0.1) is 0 Å². The second-order valence-electron chi connectivity index (χ2n) is 8.30. The average Bonchev–Trinajstić information content (AvgIpc) is 2.82. The van der Waals surface area contributed by atoms with Gasteiger partial charge in [0.1, 0.15) is 17.9 Å². The van der Waals surface area contributed by atoms with E-state index in [4.69, 9.17) is 4.74 Å². The molecule has 0 unspecified atom stereocenters. The normalized spacial score (nSPS) is 10.9. The van der Waals surface area contributed by atoms with Gasteiger partial charge < -0.3 is 10.1 Å². The monoisotopic (exact) mass is 458 g/mol. The van der Waals surface area contributed by atoms with Gasteiger partial charge in [-0.25, -0.2) is 9.78 Å². The van der Waals surface area contributed by atoms with E-state index < -0.39 is 11.2 Å². The molecule has 0 atom stereocenters. The standard InChI is InChI=1S/C26H26N4O4/c1-16-12-17(2)23(18(3)13-16)28-22(31)15-29-24-21(6-5-11-27-24)25(32)30(26(29)33)14-19-7-9-20(34-4)10-8-19/h5-13H,14-15H2,1-4H3,(H,28,31). The summed E-state index contributed by atoms with van der Waals surface area (Å²) in [5, 5.41) is 3.18. The number of ether oxygens (including phenoxy) is 1. The fraction of sp³-hybridized carbons (Fsp3) is 0.231. The SMILES string of the molecule is COc1ccc(Cn2c(=O)c3cccnc3n(CC(=O)Nc3c(C)cc(C)cc3C)c2=O)cc1. The molecule has 0 aliphatic carbocycles. The van der Waals surface area contributed by atoms with Crippen molar-refractivity contribution >= 4 is 22.6 Å². The van der Waals surface area contributed by atoms with Crippen LogP contribution in [0.15, 0.2) is 64.3 Å². The Labute approximate surface area is 196 Å². The maximum absolute atomic E-state index is 13.4. The Morgan fingerprint density at radius 1 is 1.00 bits per heavy atom. The number of anilines is 1. The number of amides is 1. The lowest BCUT2D eigenvalue weighted by Gasteiger charge is -2.16. The van der Waals surface area contributed by atoms with Crippen molar-refractivity contribution in [3.05, 3.63) is 97.8 Å². The van der Waals surface area contributed by atoms with Gasteiger partial charge in [0, 0.05) is 11.9 Å². The van der Waals surface area contributed by atoms with Crippen molar-refractivity contribution in [1.29, 1.82) is 0 Å². The van der Waals surface area contributed by atoms with Crippen molar-refractivity contribution in [2.75, 3.05) is 12.4 Å². The number of carbonyl (C=O) groups is 1. The zero-order valence-electron chi connectivity index (χ0n) is 19.6. The lowest BCUT2D eigenvalue weighted by Crippen LogP contribution is -2.42. The number of methoxy groups -OCH3 is 1. The summed E-state index contributed by atoms with van der Waals surface area (Å²) >= 11 is 0. The van der Waals surface area contributed by atoms with Crippen LogP contribution >= 0.6 is 0 Å². The molecule has 8 heteroatoms. The van der Waals surface area contributed by atoms with Crippen LogP contribution in [0.2, 0.25) is 0 Å². The molecule has 4 rings (SSSR count). The fourth-order valence-electron chi connectivity index (χ4n) is 4.14. The molecular formula is C26H26N4O4. The molecular weight excluding hydrogens is 432 g/mol. The molecule has 0 bridgehead atoms. The first-order chi connectivity index (χ1) is 16.3. The van der Waals surface area contributed by atoms with Gasteiger partial charge in [-0.1, -0.05) is 29.8 Å². The minimum atomic E-state index is -0.598. The number of nitrogens with one attached hydrogen (secondary N) is 1. The van der Waals surface area contributed by atoms with Gasteiger partial charge in [0.2, 0.25) is 5.91 Å². The molecule has 0 spiro atoms. The maximum atomic E-state index is 13.4. The number of nitrogens with zero attached hydrogens (tertiary/aromatic N) is 3. The van der Waals surface area contributed by atoms with Crippen molar-refractivity contribution in [3.8, 4) is 5.75 Å². The van der Waals surface area contributed by atoms with E-state index in [1.54, 1.807) is 43.5 Å². The summed E-state index contributed by atoms with van der Waals surface area (Å²) < 4.78 is 7.54. The minimum absolute atomic E-state index is 0.0598. The van der Waals surface area contributed by atoms with E-state index in [1.165, 1.54) is 10.8 Å². The molecule has 8 nitrogen and oxygen atoms in total. The molecule has 0 saturated carbocycles. The largest absolute Gasteiger partial charge is 0.497 e. The first kappa shape index (κ1) is 23.0. The zero-order valence-corrected chi connectivity index (χ0v) is 19.6. The zero-order chi connectivity index (χ0) is 24.4. The lowest BCUT2D eigenvalue weighted by molar-refractivity contribution is -0.116. The van der Waals surface area contributed by atoms with Gasteiger partial charge in [0.15, 0.2) is 0 Å². The van der Waals surface area contributed by atoms with Crippen LogP contribution in [0.25, 0.3) is 11.0 Å². The summed E-state index contributed by atoms with van der Waals surface area (Å²) in [7, 11) is 1.57.